The smallest absolute Gasteiger partial charge is 0.340 e. The maximum Gasteiger partial charge on any atom is 0.340 e. The quantitative estimate of drug-likeness (QED) is 0.806. The van der Waals surface area contributed by atoms with Crippen molar-refractivity contribution in [1.82, 2.24) is 4.40 Å². The van der Waals surface area contributed by atoms with Gasteiger partial charge in [-0.05, 0) is 37.1 Å². The van der Waals surface area contributed by atoms with Crippen LogP contribution in [0.3, 0.4) is 0 Å². The molecule has 104 valence electrons. The van der Waals surface area contributed by atoms with Crippen LogP contribution in [0, 0.1) is 0 Å². The monoisotopic (exact) mass is 271 g/mol. The second-order valence-corrected chi connectivity index (χ2v) is 4.68. The zero-order valence-corrected chi connectivity index (χ0v) is 11.5. The van der Waals surface area contributed by atoms with Gasteiger partial charge in [0, 0.05) is 11.7 Å². The molecule has 0 radical (unpaired) electrons. The highest BCUT2D eigenvalue weighted by molar-refractivity contribution is 5.97. The summed E-state index contributed by atoms with van der Waals surface area (Å²) in [4.78, 5) is 12.2. The minimum Gasteiger partial charge on any atom is -0.462 e. The fourth-order valence-electron chi connectivity index (χ4n) is 2.56. The zero-order valence-electron chi connectivity index (χ0n) is 11.5. The molecule has 0 saturated carbocycles. The summed E-state index contributed by atoms with van der Waals surface area (Å²) in [6, 6.07) is 7.81. The molecule has 0 N–H and O–H groups in total. The highest BCUT2D eigenvalue weighted by Crippen LogP contribution is 2.28. The number of hydrogen-bond acceptors (Lipinski definition) is 3. The Morgan fingerprint density at radius 1 is 1.45 bits per heavy atom. The lowest BCUT2D eigenvalue weighted by molar-refractivity contribution is 0.0526. The van der Waals surface area contributed by atoms with Crippen molar-refractivity contribution < 1.29 is 14.3 Å². The second-order valence-electron chi connectivity index (χ2n) is 4.68. The summed E-state index contributed by atoms with van der Waals surface area (Å²) < 4.78 is 12.6. The maximum absolute atomic E-state index is 12.2. The molecule has 0 atom stereocenters. The second kappa shape index (κ2) is 5.51. The SMILES string of the molecule is CCOC(=O)c1cc2ccccn2c1C1=CCOCC1. The summed E-state index contributed by atoms with van der Waals surface area (Å²) in [5, 5.41) is 0. The average molecular weight is 271 g/mol. The van der Waals surface area contributed by atoms with Gasteiger partial charge in [-0.15, -0.1) is 0 Å². The first-order chi connectivity index (χ1) is 9.81. The van der Waals surface area contributed by atoms with Crippen molar-refractivity contribution in [3.63, 3.8) is 0 Å². The van der Waals surface area contributed by atoms with Crippen LogP contribution in [0.25, 0.3) is 11.1 Å². The number of pyridine rings is 1. The topological polar surface area (TPSA) is 39.9 Å². The molecule has 20 heavy (non-hydrogen) atoms. The van der Waals surface area contributed by atoms with Gasteiger partial charge in [0.05, 0.1) is 31.1 Å². The Morgan fingerprint density at radius 3 is 3.10 bits per heavy atom. The van der Waals surface area contributed by atoms with Crippen molar-refractivity contribution in [1.29, 1.82) is 0 Å². The van der Waals surface area contributed by atoms with Gasteiger partial charge < -0.3 is 13.9 Å². The number of hydrogen-bond donors (Lipinski definition) is 0. The van der Waals surface area contributed by atoms with E-state index in [9.17, 15) is 4.79 Å². The number of aromatic nitrogens is 1. The molecule has 0 saturated heterocycles. The van der Waals surface area contributed by atoms with Crippen molar-refractivity contribution in [2.24, 2.45) is 0 Å². The largest absolute Gasteiger partial charge is 0.462 e. The Kier molecular flexibility index (Phi) is 3.56. The summed E-state index contributed by atoms with van der Waals surface area (Å²) in [5.41, 5.74) is 3.71. The minimum absolute atomic E-state index is 0.265. The number of carbonyl (C=O) groups is 1. The van der Waals surface area contributed by atoms with Crippen LogP contribution in [-0.4, -0.2) is 30.2 Å². The van der Waals surface area contributed by atoms with Crippen molar-refractivity contribution in [3.05, 3.63) is 47.8 Å². The number of esters is 1. The van der Waals surface area contributed by atoms with Gasteiger partial charge in [0.25, 0.3) is 0 Å². The van der Waals surface area contributed by atoms with Crippen molar-refractivity contribution >= 4 is 17.1 Å². The normalized spacial score (nSPS) is 15.2. The third-order valence-corrected chi connectivity index (χ3v) is 3.44. The van der Waals surface area contributed by atoms with Gasteiger partial charge in [-0.3, -0.25) is 0 Å². The number of carbonyl (C=O) groups excluding carboxylic acids is 1. The molecule has 0 amide bonds. The van der Waals surface area contributed by atoms with Crippen molar-refractivity contribution in [3.8, 4) is 0 Å². The maximum atomic E-state index is 12.2. The molecular weight excluding hydrogens is 254 g/mol. The molecule has 4 heteroatoms. The lowest BCUT2D eigenvalue weighted by Gasteiger charge is -2.15. The zero-order chi connectivity index (χ0) is 13.9. The fourth-order valence-corrected chi connectivity index (χ4v) is 2.56. The Hall–Kier alpha value is -2.07. The molecular formula is C16H17NO3. The Bertz CT molecular complexity index is 669. The molecule has 1 aliphatic rings. The van der Waals surface area contributed by atoms with Gasteiger partial charge in [-0.25, -0.2) is 4.79 Å². The summed E-state index contributed by atoms with van der Waals surface area (Å²) in [6.07, 6.45) is 4.83. The van der Waals surface area contributed by atoms with E-state index in [1.165, 1.54) is 0 Å². The standard InChI is InChI=1S/C16H17NO3/c1-2-20-16(18)14-11-13-5-3-4-8-17(13)15(14)12-6-9-19-10-7-12/h3-6,8,11H,2,7,9-10H2,1H3. The molecule has 0 aliphatic carbocycles. The first-order valence-corrected chi connectivity index (χ1v) is 6.85. The van der Waals surface area contributed by atoms with Gasteiger partial charge >= 0.3 is 5.97 Å². The van der Waals surface area contributed by atoms with E-state index in [-0.39, 0.29) is 5.97 Å². The highest BCUT2D eigenvalue weighted by atomic mass is 16.5. The van der Waals surface area contributed by atoms with Crippen LogP contribution in [-0.2, 0) is 9.47 Å². The molecule has 0 fully saturated rings. The lowest BCUT2D eigenvalue weighted by atomic mass is 10.0. The first-order valence-electron chi connectivity index (χ1n) is 6.85. The summed E-state index contributed by atoms with van der Waals surface area (Å²) in [6.45, 7) is 3.49. The van der Waals surface area contributed by atoms with E-state index < -0.39 is 0 Å². The first kappa shape index (κ1) is 12.9. The van der Waals surface area contributed by atoms with Crippen LogP contribution in [0.4, 0.5) is 0 Å². The van der Waals surface area contributed by atoms with Gasteiger partial charge in [0.2, 0.25) is 0 Å². The molecule has 2 aromatic heterocycles. The van der Waals surface area contributed by atoms with E-state index in [2.05, 4.69) is 0 Å². The van der Waals surface area contributed by atoms with E-state index in [0.717, 1.165) is 23.2 Å². The molecule has 0 spiro atoms. The van der Waals surface area contributed by atoms with Crippen LogP contribution in [0.15, 0.2) is 36.5 Å². The molecule has 2 aromatic rings. The van der Waals surface area contributed by atoms with Crippen LogP contribution >= 0.6 is 0 Å². The van der Waals surface area contributed by atoms with E-state index in [4.69, 9.17) is 9.47 Å². The summed E-state index contributed by atoms with van der Waals surface area (Å²) in [5.74, 6) is -0.265. The Morgan fingerprint density at radius 2 is 2.35 bits per heavy atom. The van der Waals surface area contributed by atoms with E-state index in [0.29, 0.717) is 25.4 Å². The van der Waals surface area contributed by atoms with Crippen LogP contribution in [0.2, 0.25) is 0 Å². The lowest BCUT2D eigenvalue weighted by Crippen LogP contribution is -2.11. The minimum atomic E-state index is -0.265. The van der Waals surface area contributed by atoms with E-state index in [1.54, 1.807) is 0 Å². The van der Waals surface area contributed by atoms with E-state index in [1.807, 2.05) is 47.9 Å². The van der Waals surface area contributed by atoms with Crippen molar-refractivity contribution in [2.45, 2.75) is 13.3 Å². The van der Waals surface area contributed by atoms with Crippen LogP contribution in [0.5, 0.6) is 0 Å². The summed E-state index contributed by atoms with van der Waals surface area (Å²) in [7, 11) is 0. The molecule has 3 rings (SSSR count). The number of nitrogens with zero attached hydrogens (tertiary/aromatic N) is 1. The molecule has 0 bridgehead atoms. The third-order valence-electron chi connectivity index (χ3n) is 3.44. The number of fused-ring (bicyclic) bond motifs is 1. The van der Waals surface area contributed by atoms with E-state index >= 15 is 0 Å². The number of rotatable bonds is 3. The van der Waals surface area contributed by atoms with Crippen LogP contribution < -0.4 is 0 Å². The molecule has 0 unspecified atom stereocenters. The Balaban J connectivity index is 2.17. The molecule has 4 nitrogen and oxygen atoms in total. The number of ether oxygens (including phenoxy) is 2. The fraction of sp³-hybridized carbons (Fsp3) is 0.312. The predicted octanol–water partition coefficient (Wildman–Crippen LogP) is 2.92. The van der Waals surface area contributed by atoms with Crippen LogP contribution in [0.1, 0.15) is 29.4 Å². The highest BCUT2D eigenvalue weighted by Gasteiger charge is 2.21. The van der Waals surface area contributed by atoms with Gasteiger partial charge in [0.1, 0.15) is 0 Å². The van der Waals surface area contributed by atoms with Gasteiger partial charge in [0.15, 0.2) is 0 Å². The third kappa shape index (κ3) is 2.23. The molecule has 1 aliphatic heterocycles. The Labute approximate surface area is 117 Å². The van der Waals surface area contributed by atoms with Crippen molar-refractivity contribution in [2.75, 3.05) is 19.8 Å². The predicted molar refractivity (Wildman–Crippen MR) is 76.8 cm³/mol. The summed E-state index contributed by atoms with van der Waals surface area (Å²) >= 11 is 0. The molecule has 0 aromatic carbocycles. The average Bonchev–Trinajstić information content (AvgIpc) is 2.88. The van der Waals surface area contributed by atoms with Gasteiger partial charge in [-0.1, -0.05) is 12.1 Å². The molecule has 3 heterocycles. The van der Waals surface area contributed by atoms with Gasteiger partial charge in [-0.2, -0.15) is 0 Å².